The summed E-state index contributed by atoms with van der Waals surface area (Å²) in [5.74, 6) is -0.124. The Kier molecular flexibility index (Phi) is 9.84. The second-order valence-corrected chi connectivity index (χ2v) is 13.3. The Bertz CT molecular complexity index is 1640. The lowest BCUT2D eigenvalue weighted by molar-refractivity contribution is -0.127. The van der Waals surface area contributed by atoms with E-state index in [1.165, 1.54) is 22.8 Å². The minimum Gasteiger partial charge on any atom is -0.354 e. The Labute approximate surface area is 272 Å². The lowest BCUT2D eigenvalue weighted by Crippen LogP contribution is -2.63. The summed E-state index contributed by atoms with van der Waals surface area (Å²) < 4.78 is 2.09. The number of nitrogens with zero attached hydrogens (tertiary/aromatic N) is 5. The first kappa shape index (κ1) is 31.6. The van der Waals surface area contributed by atoms with E-state index < -0.39 is 11.5 Å². The molecule has 2 atom stereocenters. The van der Waals surface area contributed by atoms with Crippen molar-refractivity contribution in [2.45, 2.75) is 77.0 Å². The third kappa shape index (κ3) is 7.51. The van der Waals surface area contributed by atoms with E-state index in [9.17, 15) is 14.9 Å². The van der Waals surface area contributed by atoms with E-state index in [2.05, 4.69) is 79.7 Å². The third-order valence-corrected chi connectivity index (χ3v) is 9.78. The minimum atomic E-state index is -0.579. The standard InChI is InChI=1S/C37H45N7O2/c1-37(26-38)17-14-28(15-18-37)23-43-27-39-22-32(43)16-19-40-35(45)34-25-42(24-30-10-7-9-29-8-5-6-13-33(29)30)20-21-44(34)36(46)41-31-11-3-2-4-12-31/h5-10,13-15,17,22,27,31,34H,2-4,11-12,16,18-21,23-25H2,1H3,(H,40,45)(H,41,46)/t34-,37?/m1/s1. The summed E-state index contributed by atoms with van der Waals surface area (Å²) in [5.41, 5.74) is 2.95. The molecule has 3 aliphatic rings. The van der Waals surface area contributed by atoms with Gasteiger partial charge >= 0.3 is 6.03 Å². The van der Waals surface area contributed by atoms with Gasteiger partial charge in [0.1, 0.15) is 6.04 Å². The van der Waals surface area contributed by atoms with E-state index in [1.54, 1.807) is 4.90 Å². The molecule has 3 aromatic rings. The molecular formula is C37H45N7O2. The number of amides is 3. The van der Waals surface area contributed by atoms with Crippen LogP contribution in [0.3, 0.4) is 0 Å². The first-order valence-electron chi connectivity index (χ1n) is 16.7. The van der Waals surface area contributed by atoms with Gasteiger partial charge in [-0.3, -0.25) is 9.69 Å². The van der Waals surface area contributed by atoms with E-state index in [1.807, 2.05) is 31.6 Å². The predicted molar refractivity (Wildman–Crippen MR) is 180 cm³/mol. The highest BCUT2D eigenvalue weighted by molar-refractivity contribution is 5.88. The molecule has 9 heteroatoms. The smallest absolute Gasteiger partial charge is 0.318 e. The molecule has 1 saturated heterocycles. The number of fused-ring (bicyclic) bond motifs is 1. The molecule has 2 N–H and O–H groups in total. The van der Waals surface area contributed by atoms with Crippen LogP contribution in [0.15, 0.2) is 78.8 Å². The maximum atomic E-state index is 13.8. The van der Waals surface area contributed by atoms with Crippen LogP contribution in [0.1, 0.15) is 56.7 Å². The average Bonchev–Trinajstić information content (AvgIpc) is 3.53. The lowest BCUT2D eigenvalue weighted by atomic mass is 9.83. The monoisotopic (exact) mass is 619 g/mol. The number of piperazine rings is 1. The number of urea groups is 1. The maximum absolute atomic E-state index is 13.8. The van der Waals surface area contributed by atoms with Crippen LogP contribution in [0.5, 0.6) is 0 Å². The van der Waals surface area contributed by atoms with Crippen LogP contribution >= 0.6 is 0 Å². The molecule has 2 aromatic carbocycles. The van der Waals surface area contributed by atoms with E-state index >= 15 is 0 Å². The molecule has 9 nitrogen and oxygen atoms in total. The van der Waals surface area contributed by atoms with Gasteiger partial charge in [0.25, 0.3) is 0 Å². The fourth-order valence-corrected chi connectivity index (χ4v) is 6.92. The van der Waals surface area contributed by atoms with Crippen LogP contribution in [0.2, 0.25) is 0 Å². The number of benzene rings is 2. The molecule has 6 rings (SSSR count). The van der Waals surface area contributed by atoms with Crippen molar-refractivity contribution in [3.05, 3.63) is 90.0 Å². The number of hydrogen-bond donors (Lipinski definition) is 2. The summed E-state index contributed by atoms with van der Waals surface area (Å²) in [6.45, 7) is 5.47. The van der Waals surface area contributed by atoms with Gasteiger partial charge in [0.2, 0.25) is 5.91 Å². The third-order valence-electron chi connectivity index (χ3n) is 9.78. The molecule has 2 heterocycles. The first-order valence-corrected chi connectivity index (χ1v) is 16.7. The molecule has 2 aliphatic carbocycles. The fourth-order valence-electron chi connectivity index (χ4n) is 6.92. The highest BCUT2D eigenvalue weighted by Gasteiger charge is 2.36. The van der Waals surface area contributed by atoms with Gasteiger partial charge in [0.05, 0.1) is 17.8 Å². The van der Waals surface area contributed by atoms with Crippen LogP contribution < -0.4 is 10.6 Å². The fraction of sp³-hybridized carbons (Fsp3) is 0.459. The topological polar surface area (TPSA) is 106 Å². The van der Waals surface area contributed by atoms with Crippen LogP contribution in [-0.4, -0.2) is 69.6 Å². The zero-order valence-electron chi connectivity index (χ0n) is 26.8. The number of aromatic nitrogens is 2. The molecule has 1 aliphatic heterocycles. The molecular weight excluding hydrogens is 574 g/mol. The molecule has 0 spiro atoms. The van der Waals surface area contributed by atoms with Crippen LogP contribution in [0, 0.1) is 16.7 Å². The number of imidazole rings is 1. The number of carbonyl (C=O) groups is 2. The minimum absolute atomic E-state index is 0.124. The predicted octanol–water partition coefficient (Wildman–Crippen LogP) is 5.34. The first-order chi connectivity index (χ1) is 22.4. The Morgan fingerprint density at radius 3 is 2.70 bits per heavy atom. The summed E-state index contributed by atoms with van der Waals surface area (Å²) in [4.78, 5) is 35.8. The maximum Gasteiger partial charge on any atom is 0.318 e. The molecule has 3 amide bonds. The van der Waals surface area contributed by atoms with Gasteiger partial charge in [-0.25, -0.2) is 9.78 Å². The Morgan fingerprint density at radius 1 is 1.07 bits per heavy atom. The molecule has 0 bridgehead atoms. The molecule has 1 saturated carbocycles. The average molecular weight is 620 g/mol. The van der Waals surface area contributed by atoms with Crippen LogP contribution in [0.25, 0.3) is 10.8 Å². The van der Waals surface area contributed by atoms with Crippen molar-refractivity contribution in [2.24, 2.45) is 5.41 Å². The zero-order valence-corrected chi connectivity index (χ0v) is 26.8. The number of carbonyl (C=O) groups excluding carboxylic acids is 2. The van der Waals surface area contributed by atoms with Crippen LogP contribution in [0.4, 0.5) is 4.79 Å². The van der Waals surface area contributed by atoms with Gasteiger partial charge in [0.15, 0.2) is 0 Å². The van der Waals surface area contributed by atoms with Gasteiger partial charge in [-0.1, -0.05) is 80.0 Å². The van der Waals surface area contributed by atoms with Crippen molar-refractivity contribution in [1.29, 1.82) is 5.26 Å². The Hall–Kier alpha value is -4.42. The van der Waals surface area contributed by atoms with Gasteiger partial charge in [-0.15, -0.1) is 0 Å². The summed E-state index contributed by atoms with van der Waals surface area (Å²) in [7, 11) is 0. The zero-order chi connectivity index (χ0) is 31.9. The van der Waals surface area contributed by atoms with E-state index in [0.29, 0.717) is 45.6 Å². The number of nitriles is 1. The van der Waals surface area contributed by atoms with Gasteiger partial charge in [-0.05, 0) is 48.1 Å². The quantitative estimate of drug-likeness (QED) is 0.337. The van der Waals surface area contributed by atoms with E-state index in [4.69, 9.17) is 0 Å². The molecule has 1 unspecified atom stereocenters. The second-order valence-electron chi connectivity index (χ2n) is 13.3. The van der Waals surface area contributed by atoms with E-state index in [0.717, 1.165) is 43.5 Å². The van der Waals surface area contributed by atoms with Gasteiger partial charge in [-0.2, -0.15) is 5.26 Å². The van der Waals surface area contributed by atoms with Crippen molar-refractivity contribution in [3.8, 4) is 6.07 Å². The number of hydrogen-bond acceptors (Lipinski definition) is 5. The van der Waals surface area contributed by atoms with Crippen molar-refractivity contribution in [1.82, 2.24) is 30.0 Å². The molecule has 0 radical (unpaired) electrons. The number of rotatable bonds is 9. The Morgan fingerprint density at radius 2 is 1.89 bits per heavy atom. The lowest BCUT2D eigenvalue weighted by Gasteiger charge is -2.41. The normalized spacial score (nSPS) is 22.3. The molecule has 240 valence electrons. The largest absolute Gasteiger partial charge is 0.354 e. The second kappa shape index (κ2) is 14.3. The SMILES string of the molecule is CC1(C#N)C=CC(Cn2cncc2CCNC(=O)[C@H]2CN(Cc3cccc4ccccc34)CCN2C(=O)NC2CCCCC2)=CC1. The highest BCUT2D eigenvalue weighted by atomic mass is 16.2. The van der Waals surface area contributed by atoms with Crippen molar-refractivity contribution < 1.29 is 9.59 Å². The van der Waals surface area contributed by atoms with Crippen molar-refractivity contribution in [3.63, 3.8) is 0 Å². The number of allylic oxidation sites excluding steroid dienone is 4. The van der Waals surface area contributed by atoms with Crippen molar-refractivity contribution >= 4 is 22.7 Å². The Balaban J connectivity index is 1.10. The molecule has 46 heavy (non-hydrogen) atoms. The summed E-state index contributed by atoms with van der Waals surface area (Å²) >= 11 is 0. The molecule has 1 aromatic heterocycles. The molecule has 2 fully saturated rings. The summed E-state index contributed by atoms with van der Waals surface area (Å²) in [5, 5.41) is 18.2. The number of nitrogens with one attached hydrogen (secondary N) is 2. The van der Waals surface area contributed by atoms with Crippen molar-refractivity contribution in [2.75, 3.05) is 26.2 Å². The van der Waals surface area contributed by atoms with Crippen LogP contribution in [-0.2, 0) is 24.3 Å². The van der Waals surface area contributed by atoms with E-state index in [-0.39, 0.29) is 18.0 Å². The summed E-state index contributed by atoms with van der Waals surface area (Å²) in [6.07, 6.45) is 16.6. The highest BCUT2D eigenvalue weighted by Crippen LogP contribution is 2.29. The van der Waals surface area contributed by atoms with Gasteiger partial charge in [0, 0.05) is 63.6 Å². The van der Waals surface area contributed by atoms with Gasteiger partial charge < -0.3 is 20.1 Å². The summed E-state index contributed by atoms with van der Waals surface area (Å²) in [6, 6.07) is 16.6.